The van der Waals surface area contributed by atoms with Crippen molar-refractivity contribution in [1.29, 1.82) is 0 Å². The van der Waals surface area contributed by atoms with Crippen molar-refractivity contribution in [3.05, 3.63) is 0 Å². The van der Waals surface area contributed by atoms with Gasteiger partial charge < -0.3 is 10.4 Å². The minimum absolute atomic E-state index is 0.240. The monoisotopic (exact) mass is 213 g/mol. The highest BCUT2D eigenvalue weighted by Gasteiger charge is 2.39. The molecule has 1 amide bonds. The van der Waals surface area contributed by atoms with Crippen LogP contribution in [0.4, 0.5) is 13.2 Å². The highest BCUT2D eigenvalue weighted by atomic mass is 19.4. The van der Waals surface area contributed by atoms with Crippen LogP contribution >= 0.6 is 0 Å². The normalized spacial score (nSPS) is 16.6. The lowest BCUT2D eigenvalue weighted by Crippen LogP contribution is -2.47. The summed E-state index contributed by atoms with van der Waals surface area (Å²) in [6.07, 6.45) is -4.90. The van der Waals surface area contributed by atoms with Crippen molar-refractivity contribution in [2.75, 3.05) is 6.54 Å². The molecule has 0 aromatic carbocycles. The third kappa shape index (κ3) is 3.95. The zero-order chi connectivity index (χ0) is 11.6. The van der Waals surface area contributed by atoms with Gasteiger partial charge in [0.1, 0.15) is 0 Å². The number of alkyl halides is 3. The Bertz CT molecular complexity index is 211. The van der Waals surface area contributed by atoms with Gasteiger partial charge in [0, 0.05) is 6.54 Å². The molecule has 0 saturated carbocycles. The van der Waals surface area contributed by atoms with Gasteiger partial charge in [-0.2, -0.15) is 13.2 Å². The highest BCUT2D eigenvalue weighted by molar-refractivity contribution is 5.81. The van der Waals surface area contributed by atoms with Gasteiger partial charge in [-0.05, 0) is 12.8 Å². The molecule has 6 heteroatoms. The quantitative estimate of drug-likeness (QED) is 0.736. The molecule has 1 atom stereocenters. The molecule has 0 heterocycles. The Morgan fingerprint density at radius 2 is 1.86 bits per heavy atom. The van der Waals surface area contributed by atoms with Crippen molar-refractivity contribution in [3.63, 3.8) is 0 Å². The molecule has 0 aromatic heterocycles. The fourth-order valence-corrected chi connectivity index (χ4v) is 0.564. The summed E-state index contributed by atoms with van der Waals surface area (Å²) in [5, 5.41) is 11.2. The van der Waals surface area contributed by atoms with Crippen LogP contribution in [0.15, 0.2) is 0 Å². The minimum Gasteiger partial charge on any atom is -0.388 e. The van der Waals surface area contributed by atoms with Crippen LogP contribution in [0.5, 0.6) is 0 Å². The van der Waals surface area contributed by atoms with Gasteiger partial charge in [-0.15, -0.1) is 0 Å². The summed E-state index contributed by atoms with van der Waals surface area (Å²) in [6.45, 7) is 4.26. The lowest BCUT2D eigenvalue weighted by atomic mass is 9.92. The topological polar surface area (TPSA) is 49.3 Å². The van der Waals surface area contributed by atoms with Crippen molar-refractivity contribution in [2.24, 2.45) is 5.92 Å². The molecule has 0 fully saturated rings. The second kappa shape index (κ2) is 4.16. The first-order valence-electron chi connectivity index (χ1n) is 4.15. The number of carbonyl (C=O) groups excluding carboxylic acids is 1. The Balaban J connectivity index is 4.14. The van der Waals surface area contributed by atoms with E-state index < -0.39 is 24.2 Å². The van der Waals surface area contributed by atoms with Crippen LogP contribution in [0.3, 0.4) is 0 Å². The van der Waals surface area contributed by atoms with Crippen LogP contribution in [0.25, 0.3) is 0 Å². The van der Waals surface area contributed by atoms with Crippen LogP contribution in [-0.2, 0) is 4.79 Å². The van der Waals surface area contributed by atoms with Gasteiger partial charge >= 0.3 is 12.1 Å². The van der Waals surface area contributed by atoms with Crippen molar-refractivity contribution in [1.82, 2.24) is 5.32 Å². The van der Waals surface area contributed by atoms with Gasteiger partial charge in [0.2, 0.25) is 0 Å². The van der Waals surface area contributed by atoms with Crippen molar-refractivity contribution in [2.45, 2.75) is 32.5 Å². The third-order valence-electron chi connectivity index (χ3n) is 2.11. The number of carbonyl (C=O) groups is 1. The Morgan fingerprint density at radius 3 is 2.14 bits per heavy atom. The van der Waals surface area contributed by atoms with E-state index in [1.165, 1.54) is 6.92 Å². The third-order valence-corrected chi connectivity index (χ3v) is 2.11. The molecule has 84 valence electrons. The van der Waals surface area contributed by atoms with Crippen LogP contribution in [-0.4, -0.2) is 29.3 Å². The summed E-state index contributed by atoms with van der Waals surface area (Å²) < 4.78 is 35.2. The van der Waals surface area contributed by atoms with E-state index in [0.717, 1.165) is 0 Å². The molecule has 0 aliphatic heterocycles. The lowest BCUT2D eigenvalue weighted by Gasteiger charge is -2.27. The summed E-state index contributed by atoms with van der Waals surface area (Å²) in [5.41, 5.74) is -1.33. The van der Waals surface area contributed by atoms with E-state index in [1.54, 1.807) is 19.2 Å². The molecular weight excluding hydrogens is 199 g/mol. The predicted molar refractivity (Wildman–Crippen MR) is 44.5 cm³/mol. The van der Waals surface area contributed by atoms with Gasteiger partial charge in [-0.1, -0.05) is 13.8 Å². The maximum atomic E-state index is 11.7. The van der Waals surface area contributed by atoms with Crippen LogP contribution in [0.1, 0.15) is 20.8 Å². The number of aliphatic hydroxyl groups is 1. The van der Waals surface area contributed by atoms with Crippen LogP contribution in [0, 0.1) is 5.92 Å². The molecule has 0 aliphatic carbocycles. The van der Waals surface area contributed by atoms with E-state index in [9.17, 15) is 23.1 Å². The predicted octanol–water partition coefficient (Wildman–Crippen LogP) is 1.07. The molecule has 2 N–H and O–H groups in total. The summed E-state index contributed by atoms with van der Waals surface area (Å²) >= 11 is 0. The average molecular weight is 213 g/mol. The highest BCUT2D eigenvalue weighted by Crippen LogP contribution is 2.17. The second-order valence-electron chi connectivity index (χ2n) is 3.69. The maximum absolute atomic E-state index is 11.7. The average Bonchev–Trinajstić information content (AvgIpc) is 1.98. The largest absolute Gasteiger partial charge is 0.471 e. The van der Waals surface area contributed by atoms with Crippen LogP contribution in [0.2, 0.25) is 0 Å². The standard InChI is InChI=1S/C8H14F3NO2/c1-5(2)7(3,14)4-12-6(13)8(9,10)11/h5,14H,4H2,1-3H3,(H,12,13). The molecular formula is C8H14F3NO2. The zero-order valence-corrected chi connectivity index (χ0v) is 8.27. The first-order chi connectivity index (χ1) is 6.07. The number of amides is 1. The second-order valence-corrected chi connectivity index (χ2v) is 3.69. The molecule has 3 nitrogen and oxygen atoms in total. The van der Waals surface area contributed by atoms with Crippen molar-refractivity contribution in [3.8, 4) is 0 Å². The molecule has 1 unspecified atom stereocenters. The van der Waals surface area contributed by atoms with E-state index in [4.69, 9.17) is 0 Å². The van der Waals surface area contributed by atoms with E-state index in [-0.39, 0.29) is 5.92 Å². The number of nitrogens with one attached hydrogen (secondary N) is 1. The molecule has 0 aliphatic rings. The molecule has 0 radical (unpaired) electrons. The Hall–Kier alpha value is -0.780. The molecule has 0 spiro atoms. The SMILES string of the molecule is CC(C)C(C)(O)CNC(=O)C(F)(F)F. The lowest BCUT2D eigenvalue weighted by molar-refractivity contribution is -0.174. The van der Waals surface area contributed by atoms with E-state index >= 15 is 0 Å². The zero-order valence-electron chi connectivity index (χ0n) is 8.27. The number of hydrogen-bond acceptors (Lipinski definition) is 2. The first kappa shape index (κ1) is 13.2. The van der Waals surface area contributed by atoms with Gasteiger partial charge in [-0.3, -0.25) is 4.79 Å². The maximum Gasteiger partial charge on any atom is 0.471 e. The molecule has 0 bridgehead atoms. The van der Waals surface area contributed by atoms with Crippen molar-refractivity contribution < 1.29 is 23.1 Å². The first-order valence-corrected chi connectivity index (χ1v) is 4.15. The summed E-state index contributed by atoms with van der Waals surface area (Å²) in [7, 11) is 0. The number of hydrogen-bond donors (Lipinski definition) is 2. The fourth-order valence-electron chi connectivity index (χ4n) is 0.564. The van der Waals surface area contributed by atoms with Crippen LogP contribution < -0.4 is 5.32 Å². The Morgan fingerprint density at radius 1 is 1.43 bits per heavy atom. The number of halogens is 3. The van der Waals surface area contributed by atoms with Gasteiger partial charge in [-0.25, -0.2) is 0 Å². The molecule has 0 aromatic rings. The summed E-state index contributed by atoms with van der Waals surface area (Å²) in [5.74, 6) is -2.27. The smallest absolute Gasteiger partial charge is 0.388 e. The van der Waals surface area contributed by atoms with Gasteiger partial charge in [0.25, 0.3) is 0 Å². The van der Waals surface area contributed by atoms with Crippen molar-refractivity contribution >= 4 is 5.91 Å². The number of rotatable bonds is 3. The Labute approximate surface area is 80.3 Å². The van der Waals surface area contributed by atoms with E-state index in [1.807, 2.05) is 0 Å². The molecule has 14 heavy (non-hydrogen) atoms. The molecule has 0 saturated heterocycles. The fraction of sp³-hybridized carbons (Fsp3) is 0.875. The summed E-state index contributed by atoms with van der Waals surface area (Å²) in [4.78, 5) is 10.4. The van der Waals surface area contributed by atoms with Gasteiger partial charge in [0.05, 0.1) is 5.60 Å². The Kier molecular flexibility index (Phi) is 3.93. The summed E-state index contributed by atoms with van der Waals surface area (Å²) in [6, 6.07) is 0. The van der Waals surface area contributed by atoms with Gasteiger partial charge in [0.15, 0.2) is 0 Å². The van der Waals surface area contributed by atoms with E-state index in [2.05, 4.69) is 0 Å². The van der Waals surface area contributed by atoms with E-state index in [0.29, 0.717) is 0 Å². The minimum atomic E-state index is -4.90. The molecule has 0 rings (SSSR count).